The zero-order valence-corrected chi connectivity index (χ0v) is 16.8. The summed E-state index contributed by atoms with van der Waals surface area (Å²) in [7, 11) is 0. The highest BCUT2D eigenvalue weighted by Gasteiger charge is 2.31. The van der Waals surface area contributed by atoms with E-state index in [1.807, 2.05) is 0 Å². The molecule has 0 bridgehead atoms. The smallest absolute Gasteiger partial charge is 0.417 e. The number of carbonyl (C=O) groups excluding carboxylic acids is 2. The van der Waals surface area contributed by atoms with Crippen molar-refractivity contribution in [2.45, 2.75) is 39.1 Å². The minimum absolute atomic E-state index is 0.0127. The van der Waals surface area contributed by atoms with Gasteiger partial charge in [0.05, 0.1) is 17.8 Å². The van der Waals surface area contributed by atoms with E-state index in [9.17, 15) is 22.8 Å². The highest BCUT2D eigenvalue weighted by atomic mass is 19.4. The molecule has 3 aromatic heterocycles. The van der Waals surface area contributed by atoms with Crippen molar-refractivity contribution in [1.82, 2.24) is 24.9 Å². The molecule has 2 amide bonds. The quantitative estimate of drug-likeness (QED) is 0.649. The lowest BCUT2D eigenvalue weighted by Gasteiger charge is -2.19. The van der Waals surface area contributed by atoms with Crippen molar-refractivity contribution in [3.05, 3.63) is 53.5 Å². The summed E-state index contributed by atoms with van der Waals surface area (Å²) < 4.78 is 45.0. The lowest BCUT2D eigenvalue weighted by molar-refractivity contribution is -0.137. The van der Waals surface area contributed by atoms with Crippen LogP contribution in [0.2, 0.25) is 0 Å². The molecule has 0 aliphatic heterocycles. The largest absolute Gasteiger partial charge is 0.444 e. The Morgan fingerprint density at radius 1 is 1.13 bits per heavy atom. The van der Waals surface area contributed by atoms with Crippen LogP contribution in [0.3, 0.4) is 0 Å². The van der Waals surface area contributed by atoms with Gasteiger partial charge < -0.3 is 10.1 Å². The van der Waals surface area contributed by atoms with E-state index in [1.54, 1.807) is 20.8 Å². The number of pyridine rings is 2. The van der Waals surface area contributed by atoms with E-state index in [2.05, 4.69) is 25.8 Å². The van der Waals surface area contributed by atoms with Crippen molar-refractivity contribution >= 4 is 23.6 Å². The SMILES string of the molecule is CC(C)(C)OC(=O)NCc1cc(C(=O)Nc2nnc3ccc(C(F)(F)F)cn23)ccn1. The molecule has 0 fully saturated rings. The Morgan fingerprint density at radius 3 is 2.55 bits per heavy atom. The molecule has 0 radical (unpaired) electrons. The topological polar surface area (TPSA) is 111 Å². The van der Waals surface area contributed by atoms with Crippen LogP contribution in [0.15, 0.2) is 36.7 Å². The Kier molecular flexibility index (Phi) is 5.82. The predicted molar refractivity (Wildman–Crippen MR) is 103 cm³/mol. The molecule has 0 saturated heterocycles. The number of halogens is 3. The maximum atomic E-state index is 13.0. The van der Waals surface area contributed by atoms with Crippen LogP contribution in [0.1, 0.15) is 42.4 Å². The van der Waals surface area contributed by atoms with Crippen LogP contribution in [0.4, 0.5) is 23.9 Å². The summed E-state index contributed by atoms with van der Waals surface area (Å²) in [5, 5.41) is 12.4. The number of hydrogen-bond acceptors (Lipinski definition) is 6. The summed E-state index contributed by atoms with van der Waals surface area (Å²) >= 11 is 0. The lowest BCUT2D eigenvalue weighted by atomic mass is 10.2. The second-order valence-corrected chi connectivity index (χ2v) is 7.51. The fourth-order valence-corrected chi connectivity index (χ4v) is 2.51. The maximum Gasteiger partial charge on any atom is 0.417 e. The summed E-state index contributed by atoms with van der Waals surface area (Å²) in [4.78, 5) is 28.4. The minimum Gasteiger partial charge on any atom is -0.444 e. The van der Waals surface area contributed by atoms with E-state index in [-0.39, 0.29) is 23.7 Å². The highest BCUT2D eigenvalue weighted by molar-refractivity contribution is 6.03. The van der Waals surface area contributed by atoms with Crippen LogP contribution >= 0.6 is 0 Å². The minimum atomic E-state index is -4.55. The Morgan fingerprint density at radius 2 is 1.87 bits per heavy atom. The van der Waals surface area contributed by atoms with Gasteiger partial charge in [0.2, 0.25) is 5.95 Å². The Labute approximate surface area is 174 Å². The summed E-state index contributed by atoms with van der Waals surface area (Å²) in [6, 6.07) is 4.87. The van der Waals surface area contributed by atoms with Crippen molar-refractivity contribution in [3.8, 4) is 0 Å². The third-order valence-electron chi connectivity index (χ3n) is 3.85. The summed E-state index contributed by atoms with van der Waals surface area (Å²) in [5.74, 6) is -0.802. The number of carbonyl (C=O) groups is 2. The molecule has 3 heterocycles. The van der Waals surface area contributed by atoms with Crippen LogP contribution in [-0.4, -0.2) is 37.2 Å². The van der Waals surface area contributed by atoms with Crippen molar-refractivity contribution in [2.75, 3.05) is 5.32 Å². The highest BCUT2D eigenvalue weighted by Crippen LogP contribution is 2.29. The Hall–Kier alpha value is -3.70. The number of alkyl halides is 3. The molecule has 0 aliphatic rings. The molecule has 9 nitrogen and oxygen atoms in total. The number of amides is 2. The van der Waals surface area contributed by atoms with Crippen molar-refractivity contribution in [1.29, 1.82) is 0 Å². The number of ether oxygens (including phenoxy) is 1. The number of anilines is 1. The van der Waals surface area contributed by atoms with E-state index >= 15 is 0 Å². The van der Waals surface area contributed by atoms with Gasteiger partial charge in [0.25, 0.3) is 5.91 Å². The molecule has 164 valence electrons. The predicted octanol–water partition coefficient (Wildman–Crippen LogP) is 3.42. The lowest BCUT2D eigenvalue weighted by Crippen LogP contribution is -2.32. The summed E-state index contributed by atoms with van der Waals surface area (Å²) in [6.07, 6.45) is -3.03. The Balaban J connectivity index is 1.73. The van der Waals surface area contributed by atoms with Gasteiger partial charge in [-0.3, -0.25) is 19.5 Å². The van der Waals surface area contributed by atoms with Gasteiger partial charge in [0.1, 0.15) is 5.60 Å². The second-order valence-electron chi connectivity index (χ2n) is 7.51. The average Bonchev–Trinajstić information content (AvgIpc) is 3.07. The van der Waals surface area contributed by atoms with Crippen molar-refractivity contribution in [2.24, 2.45) is 0 Å². The maximum absolute atomic E-state index is 13.0. The molecule has 0 aromatic carbocycles. The first kappa shape index (κ1) is 22.0. The fraction of sp³-hybridized carbons (Fsp3) is 0.316. The molecule has 2 N–H and O–H groups in total. The number of nitrogens with zero attached hydrogens (tertiary/aromatic N) is 4. The van der Waals surface area contributed by atoms with Gasteiger partial charge in [-0.15, -0.1) is 10.2 Å². The zero-order valence-electron chi connectivity index (χ0n) is 16.8. The first-order chi connectivity index (χ1) is 14.4. The molecule has 12 heteroatoms. The van der Waals surface area contributed by atoms with E-state index in [1.165, 1.54) is 18.3 Å². The van der Waals surface area contributed by atoms with Gasteiger partial charge in [-0.2, -0.15) is 13.2 Å². The molecule has 0 aliphatic carbocycles. The first-order valence-corrected chi connectivity index (χ1v) is 9.07. The van der Waals surface area contributed by atoms with Crippen LogP contribution < -0.4 is 10.6 Å². The van der Waals surface area contributed by atoms with Gasteiger partial charge in [0, 0.05) is 18.0 Å². The molecular formula is C19H19F3N6O3. The third-order valence-corrected chi connectivity index (χ3v) is 3.85. The normalized spacial score (nSPS) is 11.9. The van der Waals surface area contributed by atoms with Gasteiger partial charge in [-0.05, 0) is 45.0 Å². The number of alkyl carbamates (subject to hydrolysis) is 1. The van der Waals surface area contributed by atoms with Crippen LogP contribution in [0.25, 0.3) is 5.65 Å². The molecule has 3 rings (SSSR count). The second kappa shape index (κ2) is 8.20. The standard InChI is InChI=1S/C19H19F3N6O3/c1-18(2,3)31-17(30)24-9-13-8-11(6-7-23-13)15(29)25-16-27-26-14-5-4-12(10-28(14)16)19(20,21)22/h4-8,10H,9H2,1-3H3,(H,24,30)(H,25,27,29). The molecular weight excluding hydrogens is 417 g/mol. The fourth-order valence-electron chi connectivity index (χ4n) is 2.51. The zero-order chi connectivity index (χ0) is 22.8. The number of hydrogen-bond donors (Lipinski definition) is 2. The van der Waals surface area contributed by atoms with Gasteiger partial charge in [-0.25, -0.2) is 4.79 Å². The molecule has 0 saturated carbocycles. The average molecular weight is 436 g/mol. The van der Waals surface area contributed by atoms with E-state index in [4.69, 9.17) is 4.74 Å². The first-order valence-electron chi connectivity index (χ1n) is 9.07. The molecule has 31 heavy (non-hydrogen) atoms. The van der Waals surface area contributed by atoms with E-state index in [0.717, 1.165) is 22.7 Å². The van der Waals surface area contributed by atoms with Gasteiger partial charge in [0.15, 0.2) is 5.65 Å². The van der Waals surface area contributed by atoms with E-state index in [0.29, 0.717) is 5.69 Å². The summed E-state index contributed by atoms with van der Waals surface area (Å²) in [6.45, 7) is 5.18. The molecule has 3 aromatic rings. The number of nitrogens with one attached hydrogen (secondary N) is 2. The van der Waals surface area contributed by atoms with E-state index < -0.39 is 29.3 Å². The van der Waals surface area contributed by atoms with Gasteiger partial charge in [-0.1, -0.05) is 0 Å². The molecule has 0 spiro atoms. The third kappa shape index (κ3) is 5.68. The van der Waals surface area contributed by atoms with Crippen LogP contribution in [0, 0.1) is 0 Å². The van der Waals surface area contributed by atoms with Crippen LogP contribution in [-0.2, 0) is 17.5 Å². The van der Waals surface area contributed by atoms with Crippen molar-refractivity contribution < 1.29 is 27.5 Å². The van der Waals surface area contributed by atoms with Crippen molar-refractivity contribution in [3.63, 3.8) is 0 Å². The number of aromatic nitrogens is 4. The molecule has 0 unspecified atom stereocenters. The molecule has 0 atom stereocenters. The number of fused-ring (bicyclic) bond motifs is 1. The van der Waals surface area contributed by atoms with Crippen LogP contribution in [0.5, 0.6) is 0 Å². The Bertz CT molecular complexity index is 1120. The monoisotopic (exact) mass is 436 g/mol. The number of rotatable bonds is 4. The van der Waals surface area contributed by atoms with Gasteiger partial charge >= 0.3 is 12.3 Å². The summed E-state index contributed by atoms with van der Waals surface area (Å²) in [5.41, 5.74) is -0.884.